The first-order valence-corrected chi connectivity index (χ1v) is 9.03. The average Bonchev–Trinajstić information content (AvgIpc) is 2.74. The summed E-state index contributed by atoms with van der Waals surface area (Å²) in [4.78, 5) is 13.1. The quantitative estimate of drug-likeness (QED) is 0.734. The van der Waals surface area contributed by atoms with Crippen molar-refractivity contribution < 1.29 is 9.53 Å². The van der Waals surface area contributed by atoms with Crippen molar-refractivity contribution in [3.8, 4) is 5.75 Å². The average molecular weight is 355 g/mol. The minimum Gasteiger partial charge on any atom is -0.497 e. The monoisotopic (exact) mass is 355 g/mol. The predicted octanol–water partition coefficient (Wildman–Crippen LogP) is 4.73. The van der Waals surface area contributed by atoms with E-state index in [4.69, 9.17) is 4.74 Å². The van der Waals surface area contributed by atoms with Crippen LogP contribution in [0.4, 0.5) is 0 Å². The Morgan fingerprint density at radius 1 is 0.778 bits per heavy atom. The van der Waals surface area contributed by atoms with Gasteiger partial charge in [0.2, 0.25) is 5.91 Å². The zero-order valence-electron chi connectivity index (χ0n) is 15.1. The molecule has 1 aliphatic heterocycles. The van der Waals surface area contributed by atoms with Crippen LogP contribution in [0.25, 0.3) is 5.70 Å². The number of allylic oxidation sites excluding steroid dienone is 1. The van der Waals surface area contributed by atoms with Crippen molar-refractivity contribution in [2.24, 2.45) is 0 Å². The molecule has 2 unspecified atom stereocenters. The highest BCUT2D eigenvalue weighted by Crippen LogP contribution is 2.39. The van der Waals surface area contributed by atoms with E-state index in [2.05, 4.69) is 23.5 Å². The Morgan fingerprint density at radius 2 is 1.37 bits per heavy atom. The van der Waals surface area contributed by atoms with Crippen LogP contribution in [0.5, 0.6) is 5.75 Å². The molecule has 0 saturated carbocycles. The van der Waals surface area contributed by atoms with Crippen molar-refractivity contribution in [3.63, 3.8) is 0 Å². The first-order valence-electron chi connectivity index (χ1n) is 9.03. The molecule has 2 atom stereocenters. The molecule has 27 heavy (non-hydrogen) atoms. The number of methoxy groups -OCH3 is 1. The van der Waals surface area contributed by atoms with Crippen LogP contribution in [0.3, 0.4) is 0 Å². The van der Waals surface area contributed by atoms with Gasteiger partial charge in [0, 0.05) is 11.6 Å². The summed E-state index contributed by atoms with van der Waals surface area (Å²) in [7, 11) is 1.65. The lowest BCUT2D eigenvalue weighted by Crippen LogP contribution is -2.35. The third-order valence-corrected chi connectivity index (χ3v) is 4.99. The molecule has 0 bridgehead atoms. The molecule has 3 aromatic carbocycles. The number of benzene rings is 3. The fourth-order valence-corrected chi connectivity index (χ4v) is 3.61. The molecule has 4 rings (SSSR count). The molecule has 0 spiro atoms. The Bertz CT molecular complexity index is 947. The van der Waals surface area contributed by atoms with Gasteiger partial charge in [-0.25, -0.2) is 0 Å². The molecule has 3 aromatic rings. The highest BCUT2D eigenvalue weighted by molar-refractivity contribution is 5.95. The third-order valence-electron chi connectivity index (χ3n) is 4.99. The van der Waals surface area contributed by atoms with Crippen molar-refractivity contribution in [1.82, 2.24) is 5.32 Å². The van der Waals surface area contributed by atoms with Gasteiger partial charge in [0.05, 0.1) is 13.0 Å². The van der Waals surface area contributed by atoms with Crippen molar-refractivity contribution >= 4 is 11.6 Å². The summed E-state index contributed by atoms with van der Waals surface area (Å²) >= 11 is 0. The van der Waals surface area contributed by atoms with Gasteiger partial charge in [-0.15, -0.1) is 0 Å². The van der Waals surface area contributed by atoms with Crippen LogP contribution in [0, 0.1) is 0 Å². The van der Waals surface area contributed by atoms with Crippen LogP contribution in [-0.4, -0.2) is 13.0 Å². The Morgan fingerprint density at radius 3 is 1.96 bits per heavy atom. The molecule has 1 aliphatic rings. The van der Waals surface area contributed by atoms with Gasteiger partial charge in [-0.3, -0.25) is 4.79 Å². The fraction of sp³-hybridized carbons (Fsp3) is 0.125. The molecule has 0 saturated heterocycles. The van der Waals surface area contributed by atoms with Gasteiger partial charge < -0.3 is 10.1 Å². The number of hydrogen-bond acceptors (Lipinski definition) is 2. The highest BCUT2D eigenvalue weighted by Gasteiger charge is 2.34. The normalized spacial score (nSPS) is 19.1. The summed E-state index contributed by atoms with van der Waals surface area (Å²) < 4.78 is 5.24. The summed E-state index contributed by atoms with van der Waals surface area (Å²) in [6, 6.07) is 27.9. The van der Waals surface area contributed by atoms with E-state index in [1.54, 1.807) is 7.11 Å². The summed E-state index contributed by atoms with van der Waals surface area (Å²) in [5, 5.41) is 3.10. The van der Waals surface area contributed by atoms with E-state index < -0.39 is 0 Å². The zero-order valence-corrected chi connectivity index (χ0v) is 15.1. The second kappa shape index (κ2) is 7.50. The first-order chi connectivity index (χ1) is 13.3. The van der Waals surface area contributed by atoms with Gasteiger partial charge in [0.1, 0.15) is 5.75 Å². The van der Waals surface area contributed by atoms with E-state index in [1.807, 2.05) is 72.8 Å². The van der Waals surface area contributed by atoms with E-state index in [9.17, 15) is 4.79 Å². The van der Waals surface area contributed by atoms with Crippen LogP contribution < -0.4 is 10.1 Å². The number of rotatable bonds is 4. The Labute approximate surface area is 159 Å². The van der Waals surface area contributed by atoms with E-state index in [-0.39, 0.29) is 17.7 Å². The summed E-state index contributed by atoms with van der Waals surface area (Å²) in [6.07, 6.45) is 2.16. The van der Waals surface area contributed by atoms with Crippen molar-refractivity contribution in [3.05, 3.63) is 108 Å². The maximum atomic E-state index is 13.1. The minimum absolute atomic E-state index is 0.0170. The van der Waals surface area contributed by atoms with E-state index in [1.165, 1.54) is 0 Å². The van der Waals surface area contributed by atoms with Crippen LogP contribution >= 0.6 is 0 Å². The smallest absolute Gasteiger partial charge is 0.232 e. The molecule has 1 amide bonds. The molecule has 3 nitrogen and oxygen atoms in total. The zero-order chi connectivity index (χ0) is 18.6. The van der Waals surface area contributed by atoms with Crippen molar-refractivity contribution in [1.29, 1.82) is 0 Å². The lowest BCUT2D eigenvalue weighted by molar-refractivity contribution is -0.122. The van der Waals surface area contributed by atoms with Crippen molar-refractivity contribution in [2.45, 2.75) is 11.8 Å². The highest BCUT2D eigenvalue weighted by atomic mass is 16.5. The van der Waals surface area contributed by atoms with Gasteiger partial charge in [-0.2, -0.15) is 0 Å². The number of carbonyl (C=O) groups is 1. The Balaban J connectivity index is 1.79. The molecular weight excluding hydrogens is 334 g/mol. The van der Waals surface area contributed by atoms with Crippen LogP contribution in [0.1, 0.15) is 28.5 Å². The van der Waals surface area contributed by atoms with Gasteiger partial charge >= 0.3 is 0 Å². The standard InChI is InChI=1S/C24H21NO2/c1-27-20-14-12-18(13-15-20)22-16-21(17-8-4-2-5-9-17)23(24(26)25-22)19-10-6-3-7-11-19/h2-16,21,23H,1H3,(H,25,26). The van der Waals surface area contributed by atoms with Gasteiger partial charge in [-0.05, 0) is 41.0 Å². The minimum atomic E-state index is -0.254. The maximum absolute atomic E-state index is 13.1. The molecule has 0 fully saturated rings. The number of amides is 1. The number of ether oxygens (including phenoxy) is 1. The molecule has 0 aromatic heterocycles. The Kier molecular flexibility index (Phi) is 4.75. The van der Waals surface area contributed by atoms with Gasteiger partial charge in [0.15, 0.2) is 0 Å². The van der Waals surface area contributed by atoms with Gasteiger partial charge in [0.25, 0.3) is 0 Å². The number of hydrogen-bond donors (Lipinski definition) is 1. The van der Waals surface area contributed by atoms with E-state index in [0.29, 0.717) is 0 Å². The summed E-state index contributed by atoms with van der Waals surface area (Å²) in [5.74, 6) is 0.529. The topological polar surface area (TPSA) is 38.3 Å². The molecular formula is C24H21NO2. The second-order valence-electron chi connectivity index (χ2n) is 6.62. The van der Waals surface area contributed by atoms with Crippen LogP contribution in [-0.2, 0) is 4.79 Å². The molecule has 1 heterocycles. The van der Waals surface area contributed by atoms with Crippen molar-refractivity contribution in [2.75, 3.05) is 7.11 Å². The number of carbonyl (C=O) groups excluding carboxylic acids is 1. The molecule has 1 N–H and O–H groups in total. The summed E-state index contributed by atoms with van der Waals surface area (Å²) in [6.45, 7) is 0. The van der Waals surface area contributed by atoms with Crippen LogP contribution in [0.15, 0.2) is 91.0 Å². The summed E-state index contributed by atoms with van der Waals surface area (Å²) in [5.41, 5.74) is 3.96. The molecule has 3 heteroatoms. The molecule has 134 valence electrons. The first kappa shape index (κ1) is 17.1. The second-order valence-corrected chi connectivity index (χ2v) is 6.62. The van der Waals surface area contributed by atoms with E-state index in [0.717, 1.165) is 28.1 Å². The van der Waals surface area contributed by atoms with E-state index >= 15 is 0 Å². The molecule has 0 radical (unpaired) electrons. The largest absolute Gasteiger partial charge is 0.497 e. The fourth-order valence-electron chi connectivity index (χ4n) is 3.61. The Hall–Kier alpha value is -3.33. The molecule has 0 aliphatic carbocycles. The lowest BCUT2D eigenvalue weighted by atomic mass is 9.78. The maximum Gasteiger partial charge on any atom is 0.232 e. The number of nitrogens with one attached hydrogen (secondary N) is 1. The SMILES string of the molecule is COc1ccc(C2=CC(c3ccccc3)C(c3ccccc3)C(=O)N2)cc1. The predicted molar refractivity (Wildman–Crippen MR) is 107 cm³/mol. The van der Waals surface area contributed by atoms with Gasteiger partial charge in [-0.1, -0.05) is 66.7 Å². The third kappa shape index (κ3) is 3.49. The lowest BCUT2D eigenvalue weighted by Gasteiger charge is -2.31. The van der Waals surface area contributed by atoms with Crippen LogP contribution in [0.2, 0.25) is 0 Å².